The van der Waals surface area contributed by atoms with Gasteiger partial charge in [-0.05, 0) is 33.4 Å². The van der Waals surface area contributed by atoms with Crippen molar-refractivity contribution in [3.8, 4) is 0 Å². The van der Waals surface area contributed by atoms with Gasteiger partial charge in [0.15, 0.2) is 0 Å². The zero-order valence-electron chi connectivity index (χ0n) is 42.4. The van der Waals surface area contributed by atoms with Crippen molar-refractivity contribution in [1.29, 1.82) is 0 Å². The summed E-state index contributed by atoms with van der Waals surface area (Å²) in [6.07, 6.45) is 50.3. The normalized spacial score (nSPS) is 11.7. The highest BCUT2D eigenvalue weighted by atomic mass is 16.6. The van der Waals surface area contributed by atoms with Crippen LogP contribution in [0.5, 0.6) is 0 Å². The molecule has 0 spiro atoms. The Hall–Kier alpha value is -1.63. The first-order chi connectivity index (χ1) is 30.3. The number of hydrogen-bond donors (Lipinski definition) is 0. The molecular formula is C55H107NO6. The van der Waals surface area contributed by atoms with Gasteiger partial charge in [0.1, 0.15) is 19.8 Å². The minimum Gasteiger partial charge on any atom is -0.465 e. The van der Waals surface area contributed by atoms with Crippen LogP contribution in [0.2, 0.25) is 0 Å². The number of carbonyl (C=O) groups is 3. The van der Waals surface area contributed by atoms with Crippen molar-refractivity contribution in [2.24, 2.45) is 5.41 Å². The van der Waals surface area contributed by atoms with E-state index in [0.717, 1.165) is 57.8 Å². The summed E-state index contributed by atoms with van der Waals surface area (Å²) in [7, 11) is 3.90. The van der Waals surface area contributed by atoms with Gasteiger partial charge in [-0.3, -0.25) is 14.4 Å². The first-order valence-corrected chi connectivity index (χ1v) is 27.4. The van der Waals surface area contributed by atoms with Crippen molar-refractivity contribution in [3.63, 3.8) is 0 Å². The monoisotopic (exact) mass is 878 g/mol. The van der Waals surface area contributed by atoms with Gasteiger partial charge in [0.2, 0.25) is 0 Å². The van der Waals surface area contributed by atoms with Crippen molar-refractivity contribution in [2.75, 3.05) is 40.5 Å². The van der Waals surface area contributed by atoms with E-state index in [2.05, 4.69) is 20.8 Å². The maximum atomic E-state index is 13.0. The fourth-order valence-corrected chi connectivity index (χ4v) is 8.71. The molecule has 368 valence electrons. The molecule has 0 heterocycles. The number of unbranched alkanes of at least 4 members (excludes halogenated alkanes) is 36. The predicted octanol–water partition coefficient (Wildman–Crippen LogP) is 16.6. The number of ether oxygens (including phenoxy) is 3. The molecule has 7 nitrogen and oxygen atoms in total. The van der Waals surface area contributed by atoms with Gasteiger partial charge in [-0.2, -0.15) is 0 Å². The number of nitrogens with zero attached hydrogens (tertiary/aromatic N) is 1. The van der Waals surface area contributed by atoms with Gasteiger partial charge in [0.05, 0.1) is 5.41 Å². The van der Waals surface area contributed by atoms with Gasteiger partial charge < -0.3 is 19.1 Å². The molecule has 0 atom stereocenters. The topological polar surface area (TPSA) is 82.1 Å². The van der Waals surface area contributed by atoms with E-state index >= 15 is 0 Å². The molecule has 0 saturated heterocycles. The quantitative estimate of drug-likeness (QED) is 0.0342. The molecule has 0 aliphatic heterocycles. The Labute approximate surface area is 386 Å². The van der Waals surface area contributed by atoms with E-state index in [1.54, 1.807) is 0 Å². The smallest absolute Gasteiger partial charge is 0.305 e. The third-order valence-electron chi connectivity index (χ3n) is 12.7. The molecule has 0 fully saturated rings. The van der Waals surface area contributed by atoms with E-state index in [9.17, 15) is 14.4 Å². The zero-order chi connectivity index (χ0) is 45.5. The van der Waals surface area contributed by atoms with Crippen molar-refractivity contribution in [2.45, 2.75) is 290 Å². The summed E-state index contributed by atoms with van der Waals surface area (Å²) >= 11 is 0. The lowest BCUT2D eigenvalue weighted by Gasteiger charge is -2.34. The maximum Gasteiger partial charge on any atom is 0.305 e. The first-order valence-electron chi connectivity index (χ1n) is 27.4. The number of esters is 3. The fourth-order valence-electron chi connectivity index (χ4n) is 8.71. The van der Waals surface area contributed by atoms with Crippen LogP contribution >= 0.6 is 0 Å². The van der Waals surface area contributed by atoms with Crippen LogP contribution in [0.3, 0.4) is 0 Å². The van der Waals surface area contributed by atoms with Crippen molar-refractivity contribution >= 4 is 17.9 Å². The number of carbonyl (C=O) groups excluding carboxylic acids is 3. The molecule has 62 heavy (non-hydrogen) atoms. The molecule has 0 aromatic carbocycles. The average molecular weight is 878 g/mol. The summed E-state index contributed by atoms with van der Waals surface area (Å²) in [5, 5.41) is 0. The van der Waals surface area contributed by atoms with Crippen LogP contribution in [0.25, 0.3) is 0 Å². The third kappa shape index (κ3) is 43.6. The minimum absolute atomic E-state index is 0.0557. The molecule has 0 bridgehead atoms. The largest absolute Gasteiger partial charge is 0.465 e. The minimum atomic E-state index is -0.826. The fraction of sp³-hybridized carbons (Fsp3) is 0.945. The van der Waals surface area contributed by atoms with E-state index in [1.165, 1.54) is 193 Å². The summed E-state index contributed by atoms with van der Waals surface area (Å²) in [6, 6.07) is 0. The highest BCUT2D eigenvalue weighted by Gasteiger charge is 2.36. The van der Waals surface area contributed by atoms with Crippen LogP contribution in [0.1, 0.15) is 290 Å². The van der Waals surface area contributed by atoms with Crippen molar-refractivity contribution < 1.29 is 28.6 Å². The summed E-state index contributed by atoms with van der Waals surface area (Å²) in [6.45, 7) is 7.44. The van der Waals surface area contributed by atoms with Crippen LogP contribution in [0, 0.1) is 5.41 Å². The zero-order valence-corrected chi connectivity index (χ0v) is 42.4. The Balaban J connectivity index is 4.73. The summed E-state index contributed by atoms with van der Waals surface area (Å²) in [5.74, 6) is -0.689. The lowest BCUT2D eigenvalue weighted by atomic mass is 9.90. The molecule has 0 saturated carbocycles. The second-order valence-electron chi connectivity index (χ2n) is 19.7. The molecule has 0 aromatic heterocycles. The summed E-state index contributed by atoms with van der Waals surface area (Å²) in [4.78, 5) is 41.0. The molecule has 0 unspecified atom stereocenters. The molecule has 0 radical (unpaired) electrons. The molecule has 7 heteroatoms. The van der Waals surface area contributed by atoms with Gasteiger partial charge in [-0.15, -0.1) is 0 Å². The van der Waals surface area contributed by atoms with Crippen molar-refractivity contribution in [1.82, 2.24) is 4.90 Å². The summed E-state index contributed by atoms with van der Waals surface area (Å²) < 4.78 is 17.7. The van der Waals surface area contributed by atoms with Crippen LogP contribution in [-0.4, -0.2) is 63.3 Å². The average Bonchev–Trinajstić information content (AvgIpc) is 3.26. The standard InChI is InChI=1S/C55H107NO6/c1-6-9-12-15-18-21-24-25-26-27-28-29-32-35-38-41-44-47-54(59)62-51-55(48-56(4)5,49-60-52(57)45-42-39-36-33-30-22-19-16-13-10-7-2)50-61-53(58)46-43-40-37-34-31-23-20-17-14-11-8-3/h6-51H2,1-5H3. The highest BCUT2D eigenvalue weighted by molar-refractivity contribution is 5.70. The van der Waals surface area contributed by atoms with Gasteiger partial charge in [-0.1, -0.05) is 252 Å². The van der Waals surface area contributed by atoms with Gasteiger partial charge >= 0.3 is 17.9 Å². The summed E-state index contributed by atoms with van der Waals surface area (Å²) in [5.41, 5.74) is -0.826. The maximum absolute atomic E-state index is 13.0. The number of rotatable bonds is 50. The molecule has 0 aromatic rings. The van der Waals surface area contributed by atoms with Crippen LogP contribution in [0.4, 0.5) is 0 Å². The third-order valence-corrected chi connectivity index (χ3v) is 12.7. The molecule has 0 rings (SSSR count). The molecule has 0 aliphatic rings. The number of hydrogen-bond acceptors (Lipinski definition) is 7. The van der Waals surface area contributed by atoms with Gasteiger partial charge in [0.25, 0.3) is 0 Å². The Kier molecular flexibility index (Phi) is 46.1. The van der Waals surface area contributed by atoms with Crippen molar-refractivity contribution in [3.05, 3.63) is 0 Å². The Morgan fingerprint density at radius 2 is 0.484 bits per heavy atom. The lowest BCUT2D eigenvalue weighted by molar-refractivity contribution is -0.163. The van der Waals surface area contributed by atoms with Gasteiger partial charge in [0, 0.05) is 25.8 Å². The van der Waals surface area contributed by atoms with E-state index in [4.69, 9.17) is 14.2 Å². The Bertz CT molecular complexity index is 927. The second-order valence-corrected chi connectivity index (χ2v) is 19.7. The first kappa shape index (κ1) is 60.4. The second kappa shape index (κ2) is 47.3. The van der Waals surface area contributed by atoms with Gasteiger partial charge in [-0.25, -0.2) is 0 Å². The van der Waals surface area contributed by atoms with Crippen LogP contribution in [0.15, 0.2) is 0 Å². The van der Waals surface area contributed by atoms with E-state index in [-0.39, 0.29) is 37.7 Å². The SMILES string of the molecule is CCCCCCCCCCCCCCCCCCCC(=O)OCC(COC(=O)CCCCCCCCCCCCC)(COC(=O)CCCCCCCCCCCCC)CN(C)C. The molecule has 0 N–H and O–H groups in total. The molecule has 0 amide bonds. The molecule has 0 aliphatic carbocycles. The molecular weight excluding hydrogens is 771 g/mol. The van der Waals surface area contributed by atoms with E-state index in [1.807, 2.05) is 19.0 Å². The van der Waals surface area contributed by atoms with Crippen LogP contribution in [-0.2, 0) is 28.6 Å². The van der Waals surface area contributed by atoms with E-state index in [0.29, 0.717) is 25.8 Å². The van der Waals surface area contributed by atoms with E-state index < -0.39 is 5.41 Å². The Morgan fingerprint density at radius 3 is 0.661 bits per heavy atom. The highest BCUT2D eigenvalue weighted by Crippen LogP contribution is 2.24. The van der Waals surface area contributed by atoms with Crippen LogP contribution < -0.4 is 0 Å². The predicted molar refractivity (Wildman–Crippen MR) is 265 cm³/mol. The lowest BCUT2D eigenvalue weighted by Crippen LogP contribution is -2.46. The Morgan fingerprint density at radius 1 is 0.306 bits per heavy atom.